The molecule has 0 unspecified atom stereocenters. The molecule has 0 saturated heterocycles. The molecule has 1 aliphatic rings. The summed E-state index contributed by atoms with van der Waals surface area (Å²) in [5.41, 5.74) is 1.33. The van der Waals surface area contributed by atoms with E-state index in [1.165, 1.54) is 12.1 Å². The van der Waals surface area contributed by atoms with Gasteiger partial charge in [0.25, 0.3) is 0 Å². The van der Waals surface area contributed by atoms with Crippen LogP contribution in [0.5, 0.6) is 0 Å². The van der Waals surface area contributed by atoms with Crippen LogP contribution < -0.4 is 0 Å². The van der Waals surface area contributed by atoms with E-state index in [2.05, 4.69) is 51.6 Å². The maximum atomic E-state index is 6.16. The summed E-state index contributed by atoms with van der Waals surface area (Å²) in [6, 6.07) is 0. The van der Waals surface area contributed by atoms with Gasteiger partial charge < -0.3 is 0 Å². The summed E-state index contributed by atoms with van der Waals surface area (Å²) >= 11 is -3.45. The van der Waals surface area contributed by atoms with E-state index in [0.29, 0.717) is 0 Å². The van der Waals surface area contributed by atoms with Gasteiger partial charge in [-0.25, -0.2) is 0 Å². The van der Waals surface area contributed by atoms with Gasteiger partial charge in [-0.1, -0.05) is 0 Å². The van der Waals surface area contributed by atoms with Gasteiger partial charge in [0.15, 0.2) is 0 Å². The van der Waals surface area contributed by atoms with E-state index in [9.17, 15) is 0 Å². The molecule has 0 saturated carbocycles. The van der Waals surface area contributed by atoms with Crippen LogP contribution in [0.2, 0.25) is 23.4 Å². The van der Waals surface area contributed by atoms with Gasteiger partial charge in [-0.15, -0.1) is 0 Å². The molecule has 0 atom stereocenters. The topological polar surface area (TPSA) is 12.5 Å². The number of unbranched alkanes of at least 4 members (excludes halogenated alkanes) is 1. The van der Waals surface area contributed by atoms with Crippen molar-refractivity contribution in [3.63, 3.8) is 0 Å². The zero-order valence-electron chi connectivity index (χ0n) is 12.4. The fourth-order valence-electron chi connectivity index (χ4n) is 2.01. The Morgan fingerprint density at radius 3 is 2.29 bits per heavy atom. The molecule has 1 aliphatic carbocycles. The van der Waals surface area contributed by atoms with Gasteiger partial charge in [0, 0.05) is 0 Å². The molecule has 17 heavy (non-hydrogen) atoms. The monoisotopic (exact) mass is 407 g/mol. The van der Waals surface area contributed by atoms with Crippen molar-refractivity contribution in [2.75, 3.05) is 6.61 Å². The van der Waals surface area contributed by atoms with Crippen LogP contribution in [0.3, 0.4) is 0 Å². The maximum absolute atomic E-state index is 6.16. The predicted octanol–water partition coefficient (Wildman–Crippen LogP) is 5.24. The molecule has 3 heteroatoms. The molecule has 1 rings (SSSR count). The van der Waals surface area contributed by atoms with Crippen LogP contribution in [0.1, 0.15) is 26.2 Å². The van der Waals surface area contributed by atoms with Crippen molar-refractivity contribution in [1.82, 2.24) is 3.05 Å². The first-order valence-corrected chi connectivity index (χ1v) is 26.4. The SMILES string of the molecule is CCCCO[N](C1=CC=CC1)[Hf]([CH3])([CH3])([CH3])([CH3])[CH3]. The Labute approximate surface area is 105 Å². The van der Waals surface area contributed by atoms with Crippen molar-refractivity contribution in [1.29, 1.82) is 0 Å². The molecule has 0 aromatic rings. The first-order valence-electron chi connectivity index (χ1n) is 6.84. The number of allylic oxidation sites excluding steroid dienone is 3. The van der Waals surface area contributed by atoms with Crippen molar-refractivity contribution >= 4 is 0 Å². The fraction of sp³-hybridized carbons (Fsp3) is 0.714. The third-order valence-corrected chi connectivity index (χ3v) is 11.5. The average Bonchev–Trinajstić information content (AvgIpc) is 2.60. The van der Waals surface area contributed by atoms with Gasteiger partial charge in [-0.3, -0.25) is 0 Å². The summed E-state index contributed by atoms with van der Waals surface area (Å²) < 4.78 is 14.5. The molecule has 0 radical (unpaired) electrons. The fourth-order valence-corrected chi connectivity index (χ4v) is 10.4. The number of hydrogen-bond donors (Lipinski definition) is 0. The number of nitrogens with zero attached hydrogens (tertiary/aromatic N) is 1. The molecule has 0 bridgehead atoms. The second-order valence-corrected chi connectivity index (χ2v) is 54.3. The van der Waals surface area contributed by atoms with Gasteiger partial charge in [-0.05, 0) is 0 Å². The molecule has 0 heterocycles. The van der Waals surface area contributed by atoms with Gasteiger partial charge in [0.2, 0.25) is 0 Å². The molecule has 0 aromatic carbocycles. The predicted molar refractivity (Wildman–Crippen MR) is 73.9 cm³/mol. The number of hydroxylamine groups is 1. The van der Waals surface area contributed by atoms with E-state index in [0.717, 1.165) is 19.4 Å². The zero-order chi connectivity index (χ0) is 13.2. The Kier molecular flexibility index (Phi) is 3.87. The van der Waals surface area contributed by atoms with Crippen LogP contribution in [0.4, 0.5) is 0 Å². The molecule has 2 nitrogen and oxygen atoms in total. The molecular formula is C14H29HfNO. The van der Waals surface area contributed by atoms with Gasteiger partial charge in [0.05, 0.1) is 0 Å². The first-order chi connectivity index (χ1) is 7.54. The van der Waals surface area contributed by atoms with Gasteiger partial charge >= 0.3 is 105 Å². The second-order valence-electron chi connectivity index (χ2n) is 8.89. The minimum atomic E-state index is -3.45. The summed E-state index contributed by atoms with van der Waals surface area (Å²) in [4.78, 5) is 6.16. The van der Waals surface area contributed by atoms with E-state index in [1.807, 2.05) is 0 Å². The average molecular weight is 406 g/mol. The molecular weight excluding hydrogens is 377 g/mol. The minimum absolute atomic E-state index is 0.834. The Hall–Kier alpha value is 0.110. The van der Waals surface area contributed by atoms with Crippen molar-refractivity contribution in [2.45, 2.75) is 49.6 Å². The van der Waals surface area contributed by atoms with Gasteiger partial charge in [0.1, 0.15) is 0 Å². The Bertz CT molecular complexity index is 334. The Morgan fingerprint density at radius 1 is 1.24 bits per heavy atom. The zero-order valence-corrected chi connectivity index (χ0v) is 16.0. The second kappa shape index (κ2) is 4.34. The van der Waals surface area contributed by atoms with Crippen molar-refractivity contribution in [2.24, 2.45) is 0 Å². The van der Waals surface area contributed by atoms with Crippen LogP contribution in [-0.2, 0) is 22.2 Å². The van der Waals surface area contributed by atoms with E-state index in [4.69, 9.17) is 4.84 Å². The number of hydrogen-bond acceptors (Lipinski definition) is 2. The van der Waals surface area contributed by atoms with Crippen molar-refractivity contribution in [3.8, 4) is 0 Å². The summed E-state index contributed by atoms with van der Waals surface area (Å²) in [5, 5.41) is 0. The third-order valence-electron chi connectivity index (χ3n) is 2.75. The molecule has 0 aromatic heterocycles. The van der Waals surface area contributed by atoms with E-state index in [1.54, 1.807) is 0 Å². The first kappa shape index (κ1) is 15.2. The van der Waals surface area contributed by atoms with Crippen LogP contribution >= 0.6 is 0 Å². The van der Waals surface area contributed by atoms with Crippen LogP contribution in [0, 0.1) is 0 Å². The van der Waals surface area contributed by atoms with Crippen molar-refractivity contribution in [3.05, 3.63) is 23.9 Å². The summed E-state index contributed by atoms with van der Waals surface area (Å²) in [5.74, 6) is 0. The molecule has 0 amide bonds. The normalized spacial score (nSPS) is 19.8. The van der Waals surface area contributed by atoms with Crippen LogP contribution in [0.25, 0.3) is 0 Å². The van der Waals surface area contributed by atoms with Crippen molar-refractivity contribution < 1.29 is 22.2 Å². The van der Waals surface area contributed by atoms with Crippen LogP contribution in [-0.4, -0.2) is 9.66 Å². The number of rotatable bonds is 6. The Balaban J connectivity index is 2.88. The van der Waals surface area contributed by atoms with E-state index < -0.39 is 17.3 Å². The third kappa shape index (κ3) is 4.70. The molecule has 0 N–H and O–H groups in total. The summed E-state index contributed by atoms with van der Waals surface area (Å²) in [7, 11) is 0. The molecule has 0 fully saturated rings. The van der Waals surface area contributed by atoms with E-state index in [-0.39, 0.29) is 0 Å². The molecule has 0 aliphatic heterocycles. The van der Waals surface area contributed by atoms with Gasteiger partial charge in [-0.2, -0.15) is 0 Å². The summed E-state index contributed by atoms with van der Waals surface area (Å²) in [6.45, 7) is 3.04. The Morgan fingerprint density at radius 2 is 1.88 bits per heavy atom. The van der Waals surface area contributed by atoms with Crippen LogP contribution in [0.15, 0.2) is 23.9 Å². The molecule has 0 spiro atoms. The van der Waals surface area contributed by atoms with E-state index >= 15 is 0 Å². The standard InChI is InChI=1S/C9H14NO.5CH3.Hf/c1-2-3-8-11-10-9-6-4-5-7-9;;;;;;/h4-6H,2-3,7-8H2,1H3;5*1H3;/q-1;;;;;;+1. The molecule has 100 valence electrons. The quantitative estimate of drug-likeness (QED) is 0.340. The summed E-state index contributed by atoms with van der Waals surface area (Å²) in [6.07, 6.45) is 9.87.